The first-order chi connectivity index (χ1) is 9.22. The van der Waals surface area contributed by atoms with E-state index in [-0.39, 0.29) is 23.6 Å². The van der Waals surface area contributed by atoms with Crippen LogP contribution in [0.3, 0.4) is 0 Å². The number of rotatable bonds is 3. The highest BCUT2D eigenvalue weighted by molar-refractivity contribution is 6.09. The van der Waals surface area contributed by atoms with Crippen LogP contribution in [-0.2, 0) is 4.74 Å². The van der Waals surface area contributed by atoms with Crippen molar-refractivity contribution < 1.29 is 13.9 Å². The number of nitrogens with one attached hydrogen (secondary N) is 1. The Morgan fingerprint density at radius 1 is 1.53 bits per heavy atom. The molecule has 0 saturated carbocycles. The topological polar surface area (TPSA) is 42.1 Å². The summed E-state index contributed by atoms with van der Waals surface area (Å²) < 4.78 is 19.5. The Morgan fingerprint density at radius 2 is 2.37 bits per heavy atom. The largest absolute Gasteiger partial charge is 0.377 e. The minimum atomic E-state index is -0.353. The average Bonchev–Trinajstić information content (AvgIpc) is 3.05. The summed E-state index contributed by atoms with van der Waals surface area (Å²) in [5.74, 6) is -0.515. The number of hydrogen-bond acceptors (Lipinski definition) is 2. The number of Topliss-reactive ketones (excluding diaryl/α,β-unsaturated/α-hetero) is 1. The van der Waals surface area contributed by atoms with Gasteiger partial charge in [-0.3, -0.25) is 4.79 Å². The van der Waals surface area contributed by atoms with Crippen molar-refractivity contribution in [2.45, 2.75) is 25.9 Å². The highest BCUT2D eigenvalue weighted by atomic mass is 19.1. The summed E-state index contributed by atoms with van der Waals surface area (Å²) in [4.78, 5) is 15.5. The van der Waals surface area contributed by atoms with E-state index in [4.69, 9.17) is 4.74 Å². The van der Waals surface area contributed by atoms with Gasteiger partial charge in [-0.2, -0.15) is 0 Å². The zero-order chi connectivity index (χ0) is 13.4. The zero-order valence-electron chi connectivity index (χ0n) is 10.8. The fourth-order valence-corrected chi connectivity index (χ4v) is 2.89. The summed E-state index contributed by atoms with van der Waals surface area (Å²) in [6.45, 7) is 2.62. The standard InChI is InChI=1S/C15H16FNO2/c1-2-13-9(6-7-19-13)15(18)10-8-17-12-5-3-4-11(16)14(10)12/h3-5,8-9,13,17H,2,6-7H2,1H3. The van der Waals surface area contributed by atoms with E-state index in [1.54, 1.807) is 18.3 Å². The van der Waals surface area contributed by atoms with Crippen LogP contribution in [0.4, 0.5) is 4.39 Å². The Hall–Kier alpha value is -1.68. The smallest absolute Gasteiger partial charge is 0.170 e. The summed E-state index contributed by atoms with van der Waals surface area (Å²) in [5, 5.41) is 0.397. The van der Waals surface area contributed by atoms with E-state index in [0.717, 1.165) is 12.8 Å². The van der Waals surface area contributed by atoms with Crippen LogP contribution in [0.25, 0.3) is 10.9 Å². The van der Waals surface area contributed by atoms with Crippen LogP contribution < -0.4 is 0 Å². The van der Waals surface area contributed by atoms with E-state index < -0.39 is 0 Å². The molecule has 1 N–H and O–H groups in total. The molecule has 0 bridgehead atoms. The number of halogens is 1. The maximum Gasteiger partial charge on any atom is 0.170 e. The van der Waals surface area contributed by atoms with Crippen LogP contribution in [-0.4, -0.2) is 23.5 Å². The van der Waals surface area contributed by atoms with Gasteiger partial charge in [0.05, 0.1) is 12.0 Å². The molecule has 1 aromatic carbocycles. The summed E-state index contributed by atoms with van der Waals surface area (Å²) in [7, 11) is 0. The molecule has 2 aromatic rings. The highest BCUT2D eigenvalue weighted by Crippen LogP contribution is 2.30. The predicted molar refractivity (Wildman–Crippen MR) is 70.7 cm³/mol. The molecular weight excluding hydrogens is 245 g/mol. The molecule has 3 rings (SSSR count). The third-order valence-corrected chi connectivity index (χ3v) is 3.87. The molecule has 0 aliphatic carbocycles. The van der Waals surface area contributed by atoms with Crippen molar-refractivity contribution in [1.29, 1.82) is 0 Å². The first-order valence-electron chi connectivity index (χ1n) is 6.63. The summed E-state index contributed by atoms with van der Waals surface area (Å²) in [5.41, 5.74) is 1.11. The minimum Gasteiger partial charge on any atom is -0.377 e. The summed E-state index contributed by atoms with van der Waals surface area (Å²) >= 11 is 0. The normalized spacial score (nSPS) is 23.1. The van der Waals surface area contributed by atoms with Crippen LogP contribution >= 0.6 is 0 Å². The van der Waals surface area contributed by atoms with E-state index in [2.05, 4.69) is 4.98 Å². The first kappa shape index (κ1) is 12.4. The van der Waals surface area contributed by atoms with Crippen molar-refractivity contribution in [2.24, 2.45) is 5.92 Å². The van der Waals surface area contributed by atoms with Crippen molar-refractivity contribution in [3.8, 4) is 0 Å². The number of benzene rings is 1. The molecule has 2 atom stereocenters. The molecule has 19 heavy (non-hydrogen) atoms. The second kappa shape index (κ2) is 4.78. The predicted octanol–water partition coefficient (Wildman–Crippen LogP) is 3.30. The Balaban J connectivity index is 2.02. The van der Waals surface area contributed by atoms with Crippen molar-refractivity contribution >= 4 is 16.7 Å². The molecule has 1 aliphatic rings. The number of carbonyl (C=O) groups excluding carboxylic acids is 1. The van der Waals surface area contributed by atoms with Gasteiger partial charge in [0, 0.05) is 29.3 Å². The molecule has 1 aliphatic heterocycles. The monoisotopic (exact) mass is 261 g/mol. The van der Waals surface area contributed by atoms with E-state index in [0.29, 0.717) is 23.1 Å². The fourth-order valence-electron chi connectivity index (χ4n) is 2.89. The quantitative estimate of drug-likeness (QED) is 0.861. The van der Waals surface area contributed by atoms with Crippen LogP contribution in [0.5, 0.6) is 0 Å². The van der Waals surface area contributed by atoms with Gasteiger partial charge in [0.2, 0.25) is 0 Å². The van der Waals surface area contributed by atoms with Crippen LogP contribution in [0.1, 0.15) is 30.1 Å². The number of fused-ring (bicyclic) bond motifs is 1. The van der Waals surface area contributed by atoms with E-state index in [9.17, 15) is 9.18 Å². The van der Waals surface area contributed by atoms with E-state index >= 15 is 0 Å². The molecule has 1 fully saturated rings. The van der Waals surface area contributed by atoms with Gasteiger partial charge < -0.3 is 9.72 Å². The van der Waals surface area contributed by atoms with Gasteiger partial charge in [-0.05, 0) is 25.0 Å². The van der Waals surface area contributed by atoms with Gasteiger partial charge in [-0.25, -0.2) is 4.39 Å². The highest BCUT2D eigenvalue weighted by Gasteiger charge is 2.34. The number of ether oxygens (including phenoxy) is 1. The average molecular weight is 261 g/mol. The van der Waals surface area contributed by atoms with Gasteiger partial charge in [0.25, 0.3) is 0 Å². The molecule has 4 heteroatoms. The van der Waals surface area contributed by atoms with Crippen molar-refractivity contribution in [3.05, 3.63) is 35.8 Å². The van der Waals surface area contributed by atoms with Gasteiger partial charge in [-0.15, -0.1) is 0 Å². The van der Waals surface area contributed by atoms with Crippen LogP contribution in [0, 0.1) is 11.7 Å². The number of carbonyl (C=O) groups is 1. The Kier molecular flexibility index (Phi) is 3.11. The van der Waals surface area contributed by atoms with Crippen molar-refractivity contribution in [3.63, 3.8) is 0 Å². The number of hydrogen-bond donors (Lipinski definition) is 1. The summed E-state index contributed by atoms with van der Waals surface area (Å²) in [6, 6.07) is 4.79. The molecule has 2 heterocycles. The third kappa shape index (κ3) is 1.96. The fraction of sp³-hybridized carbons (Fsp3) is 0.400. The first-order valence-corrected chi connectivity index (χ1v) is 6.63. The Labute approximate surface area is 110 Å². The van der Waals surface area contributed by atoms with Crippen molar-refractivity contribution in [2.75, 3.05) is 6.61 Å². The molecule has 0 radical (unpaired) electrons. The SMILES string of the molecule is CCC1OCCC1C(=O)c1c[nH]c2cccc(F)c12. The second-order valence-electron chi connectivity index (χ2n) is 4.94. The molecule has 1 saturated heterocycles. The van der Waals surface area contributed by atoms with Crippen molar-refractivity contribution in [1.82, 2.24) is 4.98 Å². The lowest BCUT2D eigenvalue weighted by Crippen LogP contribution is -2.23. The van der Waals surface area contributed by atoms with Crippen LogP contribution in [0.15, 0.2) is 24.4 Å². The van der Waals surface area contributed by atoms with E-state index in [1.807, 2.05) is 6.92 Å². The Morgan fingerprint density at radius 3 is 3.16 bits per heavy atom. The molecular formula is C15H16FNO2. The lowest BCUT2D eigenvalue weighted by molar-refractivity contribution is 0.0690. The van der Waals surface area contributed by atoms with Gasteiger partial charge in [-0.1, -0.05) is 13.0 Å². The second-order valence-corrected chi connectivity index (χ2v) is 4.94. The van der Waals surface area contributed by atoms with Gasteiger partial charge >= 0.3 is 0 Å². The molecule has 100 valence electrons. The number of ketones is 1. The lowest BCUT2D eigenvalue weighted by atomic mass is 9.90. The molecule has 1 aromatic heterocycles. The number of aromatic amines is 1. The number of H-pyrrole nitrogens is 1. The molecule has 3 nitrogen and oxygen atoms in total. The third-order valence-electron chi connectivity index (χ3n) is 3.87. The number of aromatic nitrogens is 1. The zero-order valence-corrected chi connectivity index (χ0v) is 10.8. The summed E-state index contributed by atoms with van der Waals surface area (Å²) in [6.07, 6.45) is 3.10. The Bertz CT molecular complexity index is 620. The van der Waals surface area contributed by atoms with E-state index in [1.165, 1.54) is 6.07 Å². The molecule has 0 amide bonds. The molecule has 0 spiro atoms. The van der Waals surface area contributed by atoms with Crippen LogP contribution in [0.2, 0.25) is 0 Å². The lowest BCUT2D eigenvalue weighted by Gasteiger charge is -2.15. The molecule has 2 unspecified atom stereocenters. The minimum absolute atomic E-state index is 0.0132. The van der Waals surface area contributed by atoms with Gasteiger partial charge in [0.15, 0.2) is 5.78 Å². The maximum atomic E-state index is 13.9. The van der Waals surface area contributed by atoms with Gasteiger partial charge in [0.1, 0.15) is 5.82 Å². The maximum absolute atomic E-state index is 13.9.